The fourth-order valence-electron chi connectivity index (χ4n) is 3.23. The Labute approximate surface area is 171 Å². The first-order valence-corrected chi connectivity index (χ1v) is 9.50. The zero-order chi connectivity index (χ0) is 20.6. The number of carbonyl (C=O) groups is 1. The highest BCUT2D eigenvalue weighted by Crippen LogP contribution is 2.35. The number of aromatic hydroxyl groups is 1. The van der Waals surface area contributed by atoms with Gasteiger partial charge in [-0.05, 0) is 58.5 Å². The molecule has 0 amide bonds. The normalized spacial score (nSPS) is 11.5. The van der Waals surface area contributed by atoms with Gasteiger partial charge in [-0.15, -0.1) is 0 Å². The molecule has 4 nitrogen and oxygen atoms in total. The average molecular weight is 388 g/mol. The number of esters is 1. The maximum absolute atomic E-state index is 11.3. The van der Waals surface area contributed by atoms with Crippen molar-refractivity contribution in [3.05, 3.63) is 95.6 Å². The predicted molar refractivity (Wildman–Crippen MR) is 115 cm³/mol. The number of phenols is 1. The van der Waals surface area contributed by atoms with Crippen molar-refractivity contribution in [2.75, 3.05) is 13.7 Å². The van der Waals surface area contributed by atoms with Crippen molar-refractivity contribution in [3.63, 3.8) is 0 Å². The van der Waals surface area contributed by atoms with Gasteiger partial charge in [-0.25, -0.2) is 4.79 Å². The van der Waals surface area contributed by atoms with Gasteiger partial charge >= 0.3 is 5.97 Å². The number of hydrogen-bond donors (Lipinski definition) is 1. The summed E-state index contributed by atoms with van der Waals surface area (Å²) in [5.41, 5.74) is 5.51. The van der Waals surface area contributed by atoms with Crippen molar-refractivity contribution in [2.24, 2.45) is 0 Å². The second kappa shape index (κ2) is 9.60. The third-order valence-electron chi connectivity index (χ3n) is 4.66. The fourth-order valence-corrected chi connectivity index (χ4v) is 3.23. The van der Waals surface area contributed by atoms with E-state index in [9.17, 15) is 9.90 Å². The molecule has 0 aliphatic carbocycles. The van der Waals surface area contributed by atoms with E-state index in [-0.39, 0.29) is 12.4 Å². The van der Waals surface area contributed by atoms with E-state index in [0.717, 1.165) is 28.7 Å². The molecule has 0 spiro atoms. The van der Waals surface area contributed by atoms with E-state index < -0.39 is 5.97 Å². The van der Waals surface area contributed by atoms with Gasteiger partial charge in [0.05, 0.1) is 7.11 Å². The highest BCUT2D eigenvalue weighted by Gasteiger charge is 2.13. The zero-order valence-corrected chi connectivity index (χ0v) is 16.6. The molecule has 0 aliphatic heterocycles. The Bertz CT molecular complexity index is 972. The molecule has 0 atom stereocenters. The van der Waals surface area contributed by atoms with Crippen LogP contribution in [0, 0.1) is 0 Å². The summed E-state index contributed by atoms with van der Waals surface area (Å²) in [6.07, 6.45) is 0.848. The number of allylic oxidation sites excluding steroid dienone is 1. The number of phenolic OH excluding ortho intramolecular Hbond substituents is 1. The minimum absolute atomic E-state index is 0.124. The second-order valence-electron chi connectivity index (χ2n) is 6.51. The molecule has 0 saturated heterocycles. The van der Waals surface area contributed by atoms with E-state index in [1.165, 1.54) is 12.7 Å². The van der Waals surface area contributed by atoms with Gasteiger partial charge in [-0.3, -0.25) is 0 Å². The monoisotopic (exact) mass is 388 g/mol. The van der Waals surface area contributed by atoms with Gasteiger partial charge in [0.15, 0.2) is 6.61 Å². The lowest BCUT2D eigenvalue weighted by molar-refractivity contribution is -0.142. The SMILES string of the molecule is CC/C(=C(\c1ccc(O)cc1)c1ccc(OCC(=O)OC)cc1)c1ccccc1. The minimum atomic E-state index is -0.420. The van der Waals surface area contributed by atoms with Crippen molar-refractivity contribution >= 4 is 17.1 Å². The van der Waals surface area contributed by atoms with Crippen molar-refractivity contribution in [3.8, 4) is 11.5 Å². The molecule has 0 unspecified atom stereocenters. The van der Waals surface area contributed by atoms with Crippen LogP contribution in [0.2, 0.25) is 0 Å². The molecule has 0 aliphatic rings. The van der Waals surface area contributed by atoms with E-state index in [4.69, 9.17) is 4.74 Å². The summed E-state index contributed by atoms with van der Waals surface area (Å²) in [6.45, 7) is 2.01. The molecule has 0 aromatic heterocycles. The lowest BCUT2D eigenvalue weighted by Crippen LogP contribution is -2.12. The first kappa shape index (κ1) is 20.2. The maximum atomic E-state index is 11.3. The number of hydrogen-bond acceptors (Lipinski definition) is 4. The van der Waals surface area contributed by atoms with Gasteiger partial charge in [0, 0.05) is 0 Å². The van der Waals surface area contributed by atoms with Gasteiger partial charge in [-0.1, -0.05) is 61.5 Å². The number of ether oxygens (including phenoxy) is 2. The van der Waals surface area contributed by atoms with Crippen LogP contribution in [0.15, 0.2) is 78.9 Å². The molecule has 3 rings (SSSR count). The van der Waals surface area contributed by atoms with Gasteiger partial charge in [0.1, 0.15) is 11.5 Å². The van der Waals surface area contributed by atoms with Gasteiger partial charge in [0.25, 0.3) is 0 Å². The molecule has 148 valence electrons. The highest BCUT2D eigenvalue weighted by atomic mass is 16.6. The lowest BCUT2D eigenvalue weighted by Gasteiger charge is -2.17. The molecule has 0 radical (unpaired) electrons. The number of carbonyl (C=O) groups excluding carboxylic acids is 1. The van der Waals surface area contributed by atoms with E-state index in [0.29, 0.717) is 5.75 Å². The van der Waals surface area contributed by atoms with Gasteiger partial charge in [0.2, 0.25) is 0 Å². The summed E-state index contributed by atoms with van der Waals surface area (Å²) in [6, 6.07) is 25.2. The molecule has 3 aromatic rings. The van der Waals surface area contributed by atoms with Crippen molar-refractivity contribution in [1.29, 1.82) is 0 Å². The molecule has 1 N–H and O–H groups in total. The van der Waals surface area contributed by atoms with Crippen LogP contribution in [0.1, 0.15) is 30.0 Å². The van der Waals surface area contributed by atoms with Crippen LogP contribution in [-0.4, -0.2) is 24.8 Å². The smallest absolute Gasteiger partial charge is 0.343 e. The molecule has 29 heavy (non-hydrogen) atoms. The molecular formula is C25H24O4. The molecule has 0 bridgehead atoms. The maximum Gasteiger partial charge on any atom is 0.343 e. The zero-order valence-electron chi connectivity index (χ0n) is 16.6. The summed E-state index contributed by atoms with van der Waals surface area (Å²) in [5.74, 6) is 0.412. The summed E-state index contributed by atoms with van der Waals surface area (Å²) in [4.78, 5) is 11.3. The first-order chi connectivity index (χ1) is 14.1. The molecule has 0 heterocycles. The Balaban J connectivity index is 2.05. The van der Waals surface area contributed by atoms with E-state index >= 15 is 0 Å². The Morgan fingerprint density at radius 3 is 1.97 bits per heavy atom. The molecule has 0 fully saturated rings. The Kier molecular flexibility index (Phi) is 6.69. The Morgan fingerprint density at radius 1 is 0.828 bits per heavy atom. The number of methoxy groups -OCH3 is 1. The van der Waals surface area contributed by atoms with E-state index in [1.807, 2.05) is 54.6 Å². The number of benzene rings is 3. The molecule has 4 heteroatoms. The van der Waals surface area contributed by atoms with Crippen LogP contribution in [0.4, 0.5) is 0 Å². The third-order valence-corrected chi connectivity index (χ3v) is 4.66. The van der Waals surface area contributed by atoms with Crippen LogP contribution < -0.4 is 4.74 Å². The Morgan fingerprint density at radius 2 is 1.41 bits per heavy atom. The quantitative estimate of drug-likeness (QED) is 0.440. The largest absolute Gasteiger partial charge is 0.508 e. The molecule has 3 aromatic carbocycles. The van der Waals surface area contributed by atoms with Crippen LogP contribution in [0.3, 0.4) is 0 Å². The van der Waals surface area contributed by atoms with Crippen LogP contribution in [0.5, 0.6) is 11.5 Å². The second-order valence-corrected chi connectivity index (χ2v) is 6.51. The average Bonchev–Trinajstić information content (AvgIpc) is 2.77. The van der Waals surface area contributed by atoms with Crippen LogP contribution in [0.25, 0.3) is 11.1 Å². The fraction of sp³-hybridized carbons (Fsp3) is 0.160. The van der Waals surface area contributed by atoms with Crippen molar-refractivity contribution in [2.45, 2.75) is 13.3 Å². The van der Waals surface area contributed by atoms with Crippen molar-refractivity contribution < 1.29 is 19.4 Å². The van der Waals surface area contributed by atoms with Crippen LogP contribution in [-0.2, 0) is 9.53 Å². The summed E-state index contributed by atoms with van der Waals surface area (Å²) < 4.78 is 10.1. The Hall–Kier alpha value is -3.53. The topological polar surface area (TPSA) is 55.8 Å². The molecular weight excluding hydrogens is 364 g/mol. The van der Waals surface area contributed by atoms with Crippen molar-refractivity contribution in [1.82, 2.24) is 0 Å². The van der Waals surface area contributed by atoms with Crippen LogP contribution >= 0.6 is 0 Å². The highest BCUT2D eigenvalue weighted by molar-refractivity contribution is 5.98. The van der Waals surface area contributed by atoms with E-state index in [1.54, 1.807) is 12.1 Å². The third kappa shape index (κ3) is 5.05. The first-order valence-electron chi connectivity index (χ1n) is 9.50. The summed E-state index contributed by atoms with van der Waals surface area (Å²) in [7, 11) is 1.33. The van der Waals surface area contributed by atoms with Gasteiger partial charge < -0.3 is 14.6 Å². The number of rotatable bonds is 7. The minimum Gasteiger partial charge on any atom is -0.508 e. The van der Waals surface area contributed by atoms with E-state index in [2.05, 4.69) is 23.8 Å². The molecule has 0 saturated carbocycles. The summed E-state index contributed by atoms with van der Waals surface area (Å²) in [5, 5.41) is 9.71. The van der Waals surface area contributed by atoms with Gasteiger partial charge in [-0.2, -0.15) is 0 Å². The standard InChI is InChI=1S/C25H24O4/c1-3-23(18-7-5-4-6-8-18)25(19-9-13-21(26)14-10-19)20-11-15-22(16-12-20)29-17-24(27)28-2/h4-16,26H,3,17H2,1-2H3/b25-23-. The summed E-state index contributed by atoms with van der Waals surface area (Å²) >= 11 is 0. The lowest BCUT2D eigenvalue weighted by atomic mass is 9.88. The predicted octanol–water partition coefficient (Wildman–Crippen LogP) is 5.31.